The third kappa shape index (κ3) is 3.52. The minimum Gasteiger partial charge on any atom is -0.392 e. The molecule has 1 aliphatic heterocycles. The summed E-state index contributed by atoms with van der Waals surface area (Å²) in [5.41, 5.74) is 5.40. The molecular formula is C9H20N2O. The molecular weight excluding hydrogens is 152 g/mol. The van der Waals surface area contributed by atoms with E-state index in [9.17, 15) is 5.11 Å². The molecule has 0 spiro atoms. The van der Waals surface area contributed by atoms with Crippen molar-refractivity contribution in [1.82, 2.24) is 4.90 Å². The number of aliphatic hydroxyl groups excluding tert-OH is 1. The number of nitrogens with zero attached hydrogens (tertiary/aromatic N) is 1. The topological polar surface area (TPSA) is 49.5 Å². The Kier molecular flexibility index (Phi) is 4.58. The van der Waals surface area contributed by atoms with Crippen LogP contribution in [0.15, 0.2) is 0 Å². The van der Waals surface area contributed by atoms with Crippen LogP contribution in [0.25, 0.3) is 0 Å². The van der Waals surface area contributed by atoms with Gasteiger partial charge in [0.15, 0.2) is 0 Å². The van der Waals surface area contributed by atoms with Crippen LogP contribution in [0.1, 0.15) is 25.7 Å². The predicted molar refractivity (Wildman–Crippen MR) is 50.0 cm³/mol. The van der Waals surface area contributed by atoms with Gasteiger partial charge in [-0.3, -0.25) is 0 Å². The van der Waals surface area contributed by atoms with Crippen LogP contribution < -0.4 is 5.73 Å². The Labute approximate surface area is 74.5 Å². The van der Waals surface area contributed by atoms with Gasteiger partial charge in [0, 0.05) is 6.54 Å². The lowest BCUT2D eigenvalue weighted by atomic mass is 10.1. The van der Waals surface area contributed by atoms with E-state index >= 15 is 0 Å². The summed E-state index contributed by atoms with van der Waals surface area (Å²) in [5.74, 6) is 0. The quantitative estimate of drug-likeness (QED) is 0.595. The molecule has 72 valence electrons. The van der Waals surface area contributed by atoms with Gasteiger partial charge < -0.3 is 15.7 Å². The summed E-state index contributed by atoms with van der Waals surface area (Å²) in [6.45, 7) is 3.91. The van der Waals surface area contributed by atoms with Gasteiger partial charge >= 0.3 is 0 Å². The molecule has 0 radical (unpaired) electrons. The highest BCUT2D eigenvalue weighted by molar-refractivity contribution is 4.71. The van der Waals surface area contributed by atoms with Gasteiger partial charge in [-0.15, -0.1) is 0 Å². The normalized spacial score (nSPS) is 26.0. The number of rotatable bonds is 4. The van der Waals surface area contributed by atoms with Gasteiger partial charge in [0.25, 0.3) is 0 Å². The van der Waals surface area contributed by atoms with Crippen molar-refractivity contribution in [2.45, 2.75) is 31.8 Å². The number of unbranched alkanes of at least 4 members (excludes halogenated alkanes) is 1. The third-order valence-electron chi connectivity index (χ3n) is 2.41. The third-order valence-corrected chi connectivity index (χ3v) is 2.41. The van der Waals surface area contributed by atoms with Crippen molar-refractivity contribution in [3.63, 3.8) is 0 Å². The fourth-order valence-electron chi connectivity index (χ4n) is 1.71. The molecule has 0 aliphatic carbocycles. The zero-order valence-corrected chi connectivity index (χ0v) is 7.71. The Morgan fingerprint density at radius 3 is 2.92 bits per heavy atom. The minimum absolute atomic E-state index is 0.0865. The second-order valence-corrected chi connectivity index (χ2v) is 3.59. The van der Waals surface area contributed by atoms with Crippen molar-refractivity contribution in [2.75, 3.05) is 26.2 Å². The second-order valence-electron chi connectivity index (χ2n) is 3.59. The zero-order valence-electron chi connectivity index (χ0n) is 7.71. The lowest BCUT2D eigenvalue weighted by Gasteiger charge is -2.29. The van der Waals surface area contributed by atoms with Gasteiger partial charge in [-0.2, -0.15) is 0 Å². The van der Waals surface area contributed by atoms with Crippen molar-refractivity contribution in [1.29, 1.82) is 0 Å². The van der Waals surface area contributed by atoms with Crippen molar-refractivity contribution in [2.24, 2.45) is 5.73 Å². The molecule has 3 heteroatoms. The minimum atomic E-state index is -0.0865. The van der Waals surface area contributed by atoms with Crippen molar-refractivity contribution < 1.29 is 5.11 Å². The average molecular weight is 172 g/mol. The lowest BCUT2D eigenvalue weighted by Crippen LogP contribution is -2.38. The summed E-state index contributed by atoms with van der Waals surface area (Å²) in [6.07, 6.45) is 4.31. The first-order valence-corrected chi connectivity index (χ1v) is 4.93. The SMILES string of the molecule is NCCCCN1CCCC(O)C1. The Morgan fingerprint density at radius 1 is 1.42 bits per heavy atom. The molecule has 0 aromatic carbocycles. The van der Waals surface area contributed by atoms with Crippen LogP contribution in [0.4, 0.5) is 0 Å². The van der Waals surface area contributed by atoms with E-state index in [-0.39, 0.29) is 6.10 Å². The molecule has 1 aliphatic rings. The first-order valence-electron chi connectivity index (χ1n) is 4.93. The van der Waals surface area contributed by atoms with Gasteiger partial charge in [0.05, 0.1) is 6.10 Å². The lowest BCUT2D eigenvalue weighted by molar-refractivity contribution is 0.0700. The summed E-state index contributed by atoms with van der Waals surface area (Å²) >= 11 is 0. The highest BCUT2D eigenvalue weighted by atomic mass is 16.3. The van der Waals surface area contributed by atoms with Crippen molar-refractivity contribution >= 4 is 0 Å². The van der Waals surface area contributed by atoms with E-state index in [1.54, 1.807) is 0 Å². The van der Waals surface area contributed by atoms with Crippen LogP contribution in [0.5, 0.6) is 0 Å². The first kappa shape index (κ1) is 9.96. The maximum absolute atomic E-state index is 9.37. The summed E-state index contributed by atoms with van der Waals surface area (Å²) in [6, 6.07) is 0. The fourth-order valence-corrected chi connectivity index (χ4v) is 1.71. The van der Waals surface area contributed by atoms with Crippen LogP contribution in [0.2, 0.25) is 0 Å². The summed E-state index contributed by atoms with van der Waals surface area (Å²) in [4.78, 5) is 2.34. The van der Waals surface area contributed by atoms with E-state index in [1.807, 2.05) is 0 Å². The zero-order chi connectivity index (χ0) is 8.81. The van der Waals surface area contributed by atoms with E-state index in [1.165, 1.54) is 6.42 Å². The molecule has 12 heavy (non-hydrogen) atoms. The number of β-amino-alcohol motifs (C(OH)–C–C–N with tert-alkyl or cyclic N) is 1. The highest BCUT2D eigenvalue weighted by Crippen LogP contribution is 2.09. The number of nitrogens with two attached hydrogens (primary N) is 1. The number of hydrogen-bond acceptors (Lipinski definition) is 3. The van der Waals surface area contributed by atoms with Crippen molar-refractivity contribution in [3.8, 4) is 0 Å². The van der Waals surface area contributed by atoms with Gasteiger partial charge in [0.1, 0.15) is 0 Å². The van der Waals surface area contributed by atoms with Crippen LogP contribution in [-0.4, -0.2) is 42.3 Å². The largest absolute Gasteiger partial charge is 0.392 e. The smallest absolute Gasteiger partial charge is 0.0667 e. The summed E-state index contributed by atoms with van der Waals surface area (Å²) in [5, 5.41) is 9.37. The second kappa shape index (κ2) is 5.51. The van der Waals surface area contributed by atoms with Crippen LogP contribution in [-0.2, 0) is 0 Å². The highest BCUT2D eigenvalue weighted by Gasteiger charge is 2.16. The molecule has 1 unspecified atom stereocenters. The molecule has 0 aromatic rings. The van der Waals surface area contributed by atoms with E-state index in [0.29, 0.717) is 0 Å². The monoisotopic (exact) mass is 172 g/mol. The number of hydrogen-bond donors (Lipinski definition) is 2. The number of piperidine rings is 1. The number of likely N-dealkylation sites (tertiary alicyclic amines) is 1. The van der Waals surface area contributed by atoms with Gasteiger partial charge in [-0.1, -0.05) is 0 Å². The van der Waals surface area contributed by atoms with Crippen LogP contribution in [0, 0.1) is 0 Å². The van der Waals surface area contributed by atoms with Gasteiger partial charge in [-0.25, -0.2) is 0 Å². The Bertz CT molecular complexity index is 119. The molecule has 1 rings (SSSR count). The molecule has 0 aromatic heterocycles. The first-order chi connectivity index (χ1) is 5.83. The van der Waals surface area contributed by atoms with E-state index < -0.39 is 0 Å². The van der Waals surface area contributed by atoms with Crippen LogP contribution >= 0.6 is 0 Å². The fraction of sp³-hybridized carbons (Fsp3) is 1.00. The molecule has 0 saturated carbocycles. The van der Waals surface area contributed by atoms with Gasteiger partial charge in [0.2, 0.25) is 0 Å². The molecule has 1 saturated heterocycles. The Hall–Kier alpha value is -0.120. The molecule has 1 atom stereocenters. The molecule has 3 N–H and O–H groups in total. The average Bonchev–Trinajstić information content (AvgIpc) is 2.05. The van der Waals surface area contributed by atoms with E-state index in [0.717, 1.165) is 45.4 Å². The Morgan fingerprint density at radius 2 is 2.25 bits per heavy atom. The summed E-state index contributed by atoms with van der Waals surface area (Å²) < 4.78 is 0. The molecule has 3 nitrogen and oxygen atoms in total. The van der Waals surface area contributed by atoms with E-state index in [4.69, 9.17) is 5.73 Å². The summed E-state index contributed by atoms with van der Waals surface area (Å²) in [7, 11) is 0. The molecule has 1 heterocycles. The number of aliphatic hydroxyl groups is 1. The molecule has 0 bridgehead atoms. The van der Waals surface area contributed by atoms with Crippen molar-refractivity contribution in [3.05, 3.63) is 0 Å². The van der Waals surface area contributed by atoms with Crippen LogP contribution in [0.3, 0.4) is 0 Å². The predicted octanol–water partition coefficient (Wildman–Crippen LogP) is 0.182. The molecule has 1 fully saturated rings. The Balaban J connectivity index is 2.06. The maximum atomic E-state index is 9.37. The van der Waals surface area contributed by atoms with Gasteiger partial charge in [-0.05, 0) is 45.3 Å². The maximum Gasteiger partial charge on any atom is 0.0667 e. The van der Waals surface area contributed by atoms with E-state index in [2.05, 4.69) is 4.90 Å². The molecule has 0 amide bonds. The standard InChI is InChI=1S/C9H20N2O/c10-5-1-2-6-11-7-3-4-9(12)8-11/h9,12H,1-8,10H2.